The highest BCUT2D eigenvalue weighted by atomic mass is 35.5. The molecule has 1 N–H and O–H groups in total. The molecule has 0 saturated carbocycles. The molecule has 0 amide bonds. The van der Waals surface area contributed by atoms with Gasteiger partial charge in [0.25, 0.3) is 20.2 Å². The zero-order chi connectivity index (χ0) is 12.9. The third-order valence-electron chi connectivity index (χ3n) is 0.587. The molecule has 0 aromatic rings. The lowest BCUT2D eigenvalue weighted by atomic mass is 10.5. The highest BCUT2D eigenvalue weighted by Gasteiger charge is 2.10. The van der Waals surface area contributed by atoms with E-state index in [-0.39, 0.29) is 0 Å². The lowest BCUT2D eigenvalue weighted by Gasteiger charge is -1.92. The van der Waals surface area contributed by atoms with Crippen molar-refractivity contribution < 1.29 is 30.4 Å². The van der Waals surface area contributed by atoms with Crippen LogP contribution >= 0.6 is 11.6 Å². The minimum absolute atomic E-state index is 0.661. The van der Waals surface area contributed by atoms with Crippen molar-refractivity contribution in [3.8, 4) is 0 Å². The van der Waals surface area contributed by atoms with Crippen LogP contribution in [0.25, 0.3) is 0 Å². The van der Waals surface area contributed by atoms with Crippen LogP contribution in [0.3, 0.4) is 0 Å². The molecular weight excluding hydrogens is 272 g/mol. The fourth-order valence-corrected chi connectivity index (χ4v) is 2.02. The van der Waals surface area contributed by atoms with Gasteiger partial charge >= 0.3 is 5.97 Å². The van der Waals surface area contributed by atoms with E-state index in [4.69, 9.17) is 16.7 Å². The first-order valence-corrected chi connectivity index (χ1v) is 7.40. The molecule has 0 saturated heterocycles. The number of carboxylic acids is 1. The molecule has 7 nitrogen and oxygen atoms in total. The van der Waals surface area contributed by atoms with Crippen LogP contribution < -0.4 is 0 Å². The van der Waals surface area contributed by atoms with Crippen molar-refractivity contribution in [2.45, 2.75) is 12.3 Å². The van der Waals surface area contributed by atoms with Crippen LogP contribution in [0.1, 0.15) is 6.92 Å². The number of hydrogen-bond acceptors (Lipinski definition) is 6. The minimum atomic E-state index is -3.87. The Hall–Kier alpha value is -0.380. The Morgan fingerprint density at radius 2 is 1.40 bits per heavy atom. The van der Waals surface area contributed by atoms with E-state index in [0.717, 1.165) is 0 Å². The molecule has 0 radical (unpaired) electrons. The fourth-order valence-electron chi connectivity index (χ4n) is 0.225. The summed E-state index contributed by atoms with van der Waals surface area (Å²) in [5.74, 6) is -0.975. The second kappa shape index (κ2) is 6.26. The Morgan fingerprint density at radius 3 is 1.40 bits per heavy atom. The number of carbonyl (C=O) groups is 1. The Kier molecular flexibility index (Phi) is 7.10. The summed E-state index contributed by atoms with van der Waals surface area (Å²) in [6.07, 6.45) is 1.32. The topological polar surface area (TPSA) is 115 Å². The van der Waals surface area contributed by atoms with E-state index < -0.39 is 31.6 Å². The van der Waals surface area contributed by atoms with Gasteiger partial charge in [-0.3, -0.25) is 4.79 Å². The number of halogens is 1. The number of aliphatic carboxylic acids is 1. The van der Waals surface area contributed by atoms with E-state index in [1.54, 1.807) is 0 Å². The van der Waals surface area contributed by atoms with E-state index >= 15 is 0 Å². The molecule has 0 heterocycles. The van der Waals surface area contributed by atoms with Crippen LogP contribution in [0.5, 0.6) is 0 Å². The van der Waals surface area contributed by atoms with Crippen molar-refractivity contribution in [2.75, 3.05) is 12.5 Å². The lowest BCUT2D eigenvalue weighted by molar-refractivity contribution is -0.136. The van der Waals surface area contributed by atoms with E-state index in [2.05, 4.69) is 3.63 Å². The summed E-state index contributed by atoms with van der Waals surface area (Å²) in [6, 6.07) is 0. The standard InChI is InChI=1S/C3H5ClO2.C2H6O5S2/c1-2(4)3(5)6;1-8(3,4)7-9(2,5)6/h2H,1H3,(H,5,6);1-2H3. The maximum Gasteiger partial charge on any atom is 0.321 e. The first-order chi connectivity index (χ1) is 6.35. The van der Waals surface area contributed by atoms with Gasteiger partial charge in [-0.1, -0.05) is 0 Å². The summed E-state index contributed by atoms with van der Waals surface area (Å²) in [5.41, 5.74) is 0. The summed E-state index contributed by atoms with van der Waals surface area (Å²) in [6.45, 7) is 1.41. The molecule has 0 aliphatic rings. The molecule has 15 heavy (non-hydrogen) atoms. The fraction of sp³-hybridized carbons (Fsp3) is 0.800. The van der Waals surface area contributed by atoms with Crippen molar-refractivity contribution in [1.82, 2.24) is 0 Å². The van der Waals surface area contributed by atoms with E-state index in [0.29, 0.717) is 12.5 Å². The molecule has 1 atom stereocenters. The van der Waals surface area contributed by atoms with Crippen LogP contribution in [0.2, 0.25) is 0 Å². The third kappa shape index (κ3) is 19.9. The molecule has 92 valence electrons. The highest BCUT2D eigenvalue weighted by Crippen LogP contribution is 1.92. The number of alkyl halides is 1. The average Bonchev–Trinajstić information content (AvgIpc) is 1.78. The minimum Gasteiger partial charge on any atom is -0.480 e. The van der Waals surface area contributed by atoms with E-state index in [9.17, 15) is 21.6 Å². The normalized spacial score (nSPS) is 13.6. The molecular formula is C5H11ClO7S2. The second-order valence-corrected chi connectivity index (χ2v) is 6.45. The molecule has 0 fully saturated rings. The van der Waals surface area contributed by atoms with Gasteiger partial charge in [-0.05, 0) is 6.92 Å². The molecule has 0 bridgehead atoms. The quantitative estimate of drug-likeness (QED) is 0.702. The lowest BCUT2D eigenvalue weighted by Crippen LogP contribution is -2.09. The number of carboxylic acid groups (broad SMARTS) is 1. The third-order valence-corrected chi connectivity index (χ3v) is 2.75. The zero-order valence-corrected chi connectivity index (χ0v) is 10.6. The van der Waals surface area contributed by atoms with Crippen LogP contribution in [-0.2, 0) is 28.7 Å². The van der Waals surface area contributed by atoms with Gasteiger partial charge in [-0.15, -0.1) is 15.2 Å². The molecule has 1 unspecified atom stereocenters. The number of hydrogen-bond donors (Lipinski definition) is 1. The maximum absolute atomic E-state index is 10.0. The van der Waals surface area contributed by atoms with Gasteiger partial charge in [0, 0.05) is 0 Å². The smallest absolute Gasteiger partial charge is 0.321 e. The summed E-state index contributed by atoms with van der Waals surface area (Å²) in [5, 5.41) is 7.10. The van der Waals surface area contributed by atoms with Crippen molar-refractivity contribution in [3.05, 3.63) is 0 Å². The molecule has 0 rings (SSSR count). The van der Waals surface area contributed by atoms with Crippen molar-refractivity contribution in [1.29, 1.82) is 0 Å². The van der Waals surface area contributed by atoms with E-state index in [1.807, 2.05) is 0 Å². The Balaban J connectivity index is 0. The number of rotatable bonds is 3. The monoisotopic (exact) mass is 282 g/mol. The van der Waals surface area contributed by atoms with Gasteiger partial charge in [0.15, 0.2) is 0 Å². The summed E-state index contributed by atoms with van der Waals surface area (Å²) in [4.78, 5) is 9.57. The first-order valence-electron chi connectivity index (χ1n) is 3.33. The Labute approximate surface area is 93.2 Å². The molecule has 0 aliphatic carbocycles. The van der Waals surface area contributed by atoms with E-state index in [1.165, 1.54) is 6.92 Å². The second-order valence-electron chi connectivity index (χ2n) is 2.43. The molecule has 0 aromatic heterocycles. The average molecular weight is 283 g/mol. The molecule has 0 spiro atoms. The molecule has 0 aliphatic heterocycles. The van der Waals surface area contributed by atoms with Crippen molar-refractivity contribution >= 4 is 37.8 Å². The Morgan fingerprint density at radius 1 is 1.20 bits per heavy atom. The van der Waals surface area contributed by atoms with Crippen LogP contribution in [0.15, 0.2) is 0 Å². The van der Waals surface area contributed by atoms with Gasteiger partial charge in [0.2, 0.25) is 0 Å². The first kappa shape index (κ1) is 17.0. The largest absolute Gasteiger partial charge is 0.480 e. The summed E-state index contributed by atoms with van der Waals surface area (Å²) < 4.78 is 43.8. The van der Waals surface area contributed by atoms with Gasteiger partial charge in [-0.25, -0.2) is 0 Å². The van der Waals surface area contributed by atoms with Crippen molar-refractivity contribution in [3.63, 3.8) is 0 Å². The predicted molar refractivity (Wildman–Crippen MR) is 53.7 cm³/mol. The maximum atomic E-state index is 10.0. The Bertz CT molecular complexity index is 363. The zero-order valence-electron chi connectivity index (χ0n) is 8.17. The molecule has 0 aromatic carbocycles. The summed E-state index contributed by atoms with van der Waals surface area (Å²) in [7, 11) is -7.74. The van der Waals surface area contributed by atoms with Gasteiger partial charge in [0.1, 0.15) is 5.38 Å². The van der Waals surface area contributed by atoms with Gasteiger partial charge in [-0.2, -0.15) is 16.8 Å². The SMILES string of the molecule is CC(Cl)C(=O)O.CS(=O)(=O)OS(C)(=O)=O. The summed E-state index contributed by atoms with van der Waals surface area (Å²) >= 11 is 5.01. The predicted octanol–water partition coefficient (Wildman–Crippen LogP) is -0.379. The highest BCUT2D eigenvalue weighted by molar-refractivity contribution is 7.99. The van der Waals surface area contributed by atoms with Crippen molar-refractivity contribution in [2.24, 2.45) is 0 Å². The van der Waals surface area contributed by atoms with Gasteiger partial charge < -0.3 is 5.11 Å². The van der Waals surface area contributed by atoms with Gasteiger partial charge in [0.05, 0.1) is 12.5 Å². The van der Waals surface area contributed by atoms with Crippen LogP contribution in [0.4, 0.5) is 0 Å². The molecule has 10 heteroatoms. The van der Waals surface area contributed by atoms with Crippen LogP contribution in [-0.4, -0.2) is 45.8 Å². The van der Waals surface area contributed by atoms with Crippen LogP contribution in [0, 0.1) is 0 Å².